The van der Waals surface area contributed by atoms with Crippen molar-refractivity contribution in [2.24, 2.45) is 5.92 Å². The molecule has 5 nitrogen and oxygen atoms in total. The lowest BCUT2D eigenvalue weighted by molar-refractivity contribution is 0.0903. The Morgan fingerprint density at radius 2 is 2.33 bits per heavy atom. The fourth-order valence-electron chi connectivity index (χ4n) is 1.61. The Labute approximate surface area is 111 Å². The van der Waals surface area contributed by atoms with E-state index in [9.17, 15) is 9.90 Å². The summed E-state index contributed by atoms with van der Waals surface area (Å²) >= 11 is 1.39. The molecule has 1 aromatic rings. The predicted octanol–water partition coefficient (Wildman–Crippen LogP) is 1.43. The molecule has 0 spiro atoms. The van der Waals surface area contributed by atoms with Crippen LogP contribution in [0, 0.1) is 5.92 Å². The van der Waals surface area contributed by atoms with Crippen LogP contribution in [0.1, 0.15) is 35.8 Å². The van der Waals surface area contributed by atoms with Gasteiger partial charge < -0.3 is 15.2 Å². The summed E-state index contributed by atoms with van der Waals surface area (Å²) in [6.45, 7) is 4.45. The lowest BCUT2D eigenvalue weighted by Gasteiger charge is -2.17. The van der Waals surface area contributed by atoms with Gasteiger partial charge in [0.15, 0.2) is 0 Å². The standard InChI is InChI=1S/C12H20N2O3S/c1-8(2)4-9(5-15)13-12(16)10-7-18-11(14-10)6-17-3/h7-9,15H,4-6H2,1-3H3,(H,13,16). The molecule has 1 amide bonds. The van der Waals surface area contributed by atoms with E-state index in [1.165, 1.54) is 11.3 Å². The van der Waals surface area contributed by atoms with Gasteiger partial charge in [0, 0.05) is 12.5 Å². The summed E-state index contributed by atoms with van der Waals surface area (Å²) in [5.74, 6) is 0.176. The SMILES string of the molecule is COCc1nc(C(=O)NC(CO)CC(C)C)cs1. The first-order valence-corrected chi connectivity index (χ1v) is 6.79. The van der Waals surface area contributed by atoms with Crippen LogP contribution in [-0.4, -0.2) is 35.8 Å². The van der Waals surface area contributed by atoms with Crippen molar-refractivity contribution in [3.8, 4) is 0 Å². The molecule has 18 heavy (non-hydrogen) atoms. The number of methoxy groups -OCH3 is 1. The van der Waals surface area contributed by atoms with Crippen LogP contribution in [0.25, 0.3) is 0 Å². The molecule has 0 radical (unpaired) electrons. The van der Waals surface area contributed by atoms with Crippen molar-refractivity contribution in [2.75, 3.05) is 13.7 Å². The van der Waals surface area contributed by atoms with Crippen LogP contribution in [0.3, 0.4) is 0 Å². The fraction of sp³-hybridized carbons (Fsp3) is 0.667. The number of nitrogens with zero attached hydrogens (tertiary/aromatic N) is 1. The van der Waals surface area contributed by atoms with Crippen molar-refractivity contribution < 1.29 is 14.6 Å². The average Bonchev–Trinajstić information content (AvgIpc) is 2.76. The molecule has 1 rings (SSSR count). The van der Waals surface area contributed by atoms with Crippen LogP contribution < -0.4 is 5.32 Å². The molecule has 102 valence electrons. The number of aliphatic hydroxyl groups is 1. The Hall–Kier alpha value is -0.980. The monoisotopic (exact) mass is 272 g/mol. The van der Waals surface area contributed by atoms with Gasteiger partial charge in [-0.05, 0) is 12.3 Å². The highest BCUT2D eigenvalue weighted by atomic mass is 32.1. The van der Waals surface area contributed by atoms with Crippen molar-refractivity contribution in [3.63, 3.8) is 0 Å². The first-order valence-electron chi connectivity index (χ1n) is 5.91. The Morgan fingerprint density at radius 1 is 1.61 bits per heavy atom. The fourth-order valence-corrected chi connectivity index (χ4v) is 2.36. The molecule has 1 unspecified atom stereocenters. The van der Waals surface area contributed by atoms with Gasteiger partial charge in [0.05, 0.1) is 19.3 Å². The first-order chi connectivity index (χ1) is 8.56. The molecular weight excluding hydrogens is 252 g/mol. The van der Waals surface area contributed by atoms with E-state index in [1.807, 2.05) is 13.8 Å². The number of aliphatic hydroxyl groups excluding tert-OH is 1. The normalized spacial score (nSPS) is 12.7. The Morgan fingerprint density at radius 3 is 2.89 bits per heavy atom. The van der Waals surface area contributed by atoms with Gasteiger partial charge in [-0.1, -0.05) is 13.8 Å². The molecule has 0 saturated carbocycles. The smallest absolute Gasteiger partial charge is 0.271 e. The average molecular weight is 272 g/mol. The molecule has 2 N–H and O–H groups in total. The second-order valence-corrected chi connectivity index (χ2v) is 5.48. The minimum absolute atomic E-state index is 0.0566. The molecule has 6 heteroatoms. The molecular formula is C12H20N2O3S. The van der Waals surface area contributed by atoms with E-state index >= 15 is 0 Å². The van der Waals surface area contributed by atoms with Gasteiger partial charge in [-0.15, -0.1) is 11.3 Å². The van der Waals surface area contributed by atoms with Crippen molar-refractivity contribution in [3.05, 3.63) is 16.1 Å². The van der Waals surface area contributed by atoms with Crippen molar-refractivity contribution >= 4 is 17.2 Å². The number of carbonyl (C=O) groups excluding carboxylic acids is 1. The third kappa shape index (κ3) is 4.72. The number of rotatable bonds is 7. The lowest BCUT2D eigenvalue weighted by Crippen LogP contribution is -2.38. The molecule has 0 aliphatic heterocycles. The second-order valence-electron chi connectivity index (χ2n) is 4.54. The summed E-state index contributed by atoms with van der Waals surface area (Å²) in [7, 11) is 1.59. The number of aromatic nitrogens is 1. The van der Waals surface area contributed by atoms with Gasteiger partial charge in [0.2, 0.25) is 0 Å². The first kappa shape index (κ1) is 15.1. The second kappa shape index (κ2) is 7.45. The molecule has 0 aliphatic rings. The molecule has 1 atom stereocenters. The number of nitrogens with one attached hydrogen (secondary N) is 1. The highest BCUT2D eigenvalue weighted by molar-refractivity contribution is 7.09. The highest BCUT2D eigenvalue weighted by Gasteiger charge is 2.16. The number of hydrogen-bond acceptors (Lipinski definition) is 5. The van der Waals surface area contributed by atoms with Crippen LogP contribution in [0.5, 0.6) is 0 Å². The number of hydrogen-bond donors (Lipinski definition) is 2. The lowest BCUT2D eigenvalue weighted by atomic mass is 10.0. The summed E-state index contributed by atoms with van der Waals surface area (Å²) in [5.41, 5.74) is 0.384. The van der Waals surface area contributed by atoms with E-state index in [0.717, 1.165) is 11.4 Å². The summed E-state index contributed by atoms with van der Waals surface area (Å²) in [4.78, 5) is 16.1. The van der Waals surface area contributed by atoms with Gasteiger partial charge in [-0.25, -0.2) is 4.98 Å². The maximum absolute atomic E-state index is 11.9. The van der Waals surface area contributed by atoms with Crippen LogP contribution in [0.4, 0.5) is 0 Å². The third-order valence-electron chi connectivity index (χ3n) is 2.36. The molecule has 1 heterocycles. The predicted molar refractivity (Wildman–Crippen MR) is 70.6 cm³/mol. The molecule has 1 aromatic heterocycles. The molecule has 0 bridgehead atoms. The maximum Gasteiger partial charge on any atom is 0.271 e. The Kier molecular flexibility index (Phi) is 6.24. The van der Waals surface area contributed by atoms with Crippen LogP contribution in [-0.2, 0) is 11.3 Å². The third-order valence-corrected chi connectivity index (χ3v) is 3.19. The van der Waals surface area contributed by atoms with Gasteiger partial charge >= 0.3 is 0 Å². The number of ether oxygens (including phenoxy) is 1. The summed E-state index contributed by atoms with van der Waals surface area (Å²) < 4.78 is 4.95. The summed E-state index contributed by atoms with van der Waals surface area (Å²) in [6.07, 6.45) is 0.747. The van der Waals surface area contributed by atoms with E-state index in [0.29, 0.717) is 18.2 Å². The summed E-state index contributed by atoms with van der Waals surface area (Å²) in [5, 5.41) is 14.5. The van der Waals surface area contributed by atoms with Crippen molar-refractivity contribution in [1.82, 2.24) is 10.3 Å². The van der Waals surface area contributed by atoms with E-state index in [1.54, 1.807) is 12.5 Å². The van der Waals surface area contributed by atoms with Crippen molar-refractivity contribution in [1.29, 1.82) is 0 Å². The highest BCUT2D eigenvalue weighted by Crippen LogP contribution is 2.11. The van der Waals surface area contributed by atoms with E-state index in [2.05, 4.69) is 10.3 Å². The zero-order valence-electron chi connectivity index (χ0n) is 11.0. The Bertz CT molecular complexity index is 379. The maximum atomic E-state index is 11.9. The number of carbonyl (C=O) groups is 1. The van der Waals surface area contributed by atoms with Crippen LogP contribution in [0.15, 0.2) is 5.38 Å². The number of thiazole rings is 1. The van der Waals surface area contributed by atoms with Crippen molar-refractivity contribution in [2.45, 2.75) is 32.9 Å². The van der Waals surface area contributed by atoms with E-state index in [4.69, 9.17) is 4.74 Å². The van der Waals surface area contributed by atoms with Gasteiger partial charge in [-0.2, -0.15) is 0 Å². The van der Waals surface area contributed by atoms with Crippen LogP contribution in [0.2, 0.25) is 0 Å². The topological polar surface area (TPSA) is 71.5 Å². The minimum Gasteiger partial charge on any atom is -0.394 e. The largest absolute Gasteiger partial charge is 0.394 e. The van der Waals surface area contributed by atoms with E-state index < -0.39 is 0 Å². The summed E-state index contributed by atoms with van der Waals surface area (Å²) in [6, 6.07) is -0.218. The zero-order valence-corrected chi connectivity index (χ0v) is 11.8. The Balaban J connectivity index is 2.57. The number of amides is 1. The quantitative estimate of drug-likeness (QED) is 0.787. The molecule has 0 saturated heterocycles. The van der Waals surface area contributed by atoms with E-state index in [-0.39, 0.29) is 18.6 Å². The van der Waals surface area contributed by atoms with Crippen LogP contribution >= 0.6 is 11.3 Å². The van der Waals surface area contributed by atoms with Gasteiger partial charge in [-0.3, -0.25) is 4.79 Å². The molecule has 0 aliphatic carbocycles. The molecule has 0 aromatic carbocycles. The zero-order chi connectivity index (χ0) is 13.5. The van der Waals surface area contributed by atoms with Gasteiger partial charge in [0.25, 0.3) is 5.91 Å². The van der Waals surface area contributed by atoms with Gasteiger partial charge in [0.1, 0.15) is 10.7 Å². The minimum atomic E-state index is -0.242. The molecule has 0 fully saturated rings.